The summed E-state index contributed by atoms with van der Waals surface area (Å²) in [6, 6.07) is 3.77. The summed E-state index contributed by atoms with van der Waals surface area (Å²) in [5, 5.41) is 9.09. The molecule has 2 rings (SSSR count). The average molecular weight is 253 g/mol. The van der Waals surface area contributed by atoms with Crippen LogP contribution in [0.15, 0.2) is 18.3 Å². The molecule has 92 valence electrons. The topological polar surface area (TPSA) is 71.6 Å². The number of aliphatic hydroxyl groups is 1. The normalized spacial score (nSPS) is 20.3. The Labute approximate surface area is 105 Å². The molecule has 0 amide bonds. The Morgan fingerprint density at radius 2 is 2.53 bits per heavy atom. The van der Waals surface area contributed by atoms with Crippen LogP contribution in [0.2, 0.25) is 0 Å². The van der Waals surface area contributed by atoms with E-state index >= 15 is 0 Å². The molecule has 1 saturated heterocycles. The first kappa shape index (κ1) is 12.2. The minimum atomic E-state index is -0.134. The highest BCUT2D eigenvalue weighted by atomic mass is 32.1. The summed E-state index contributed by atoms with van der Waals surface area (Å²) >= 11 is 4.90. The molecular formula is C11H15N3O2S. The Balaban J connectivity index is 2.16. The van der Waals surface area contributed by atoms with Gasteiger partial charge < -0.3 is 20.5 Å². The number of nitrogens with zero attached hydrogens (tertiary/aromatic N) is 2. The Morgan fingerprint density at radius 1 is 1.71 bits per heavy atom. The maximum Gasteiger partial charge on any atom is 0.122 e. The number of hydrogen-bond acceptors (Lipinski definition) is 5. The van der Waals surface area contributed by atoms with Gasteiger partial charge in [0.1, 0.15) is 4.99 Å². The zero-order chi connectivity index (χ0) is 12.3. The van der Waals surface area contributed by atoms with E-state index in [-0.39, 0.29) is 12.7 Å². The van der Waals surface area contributed by atoms with Crippen molar-refractivity contribution in [3.8, 4) is 0 Å². The van der Waals surface area contributed by atoms with Gasteiger partial charge in [-0.05, 0) is 12.1 Å². The quantitative estimate of drug-likeness (QED) is 0.734. The fourth-order valence-corrected chi connectivity index (χ4v) is 1.93. The first-order valence-electron chi connectivity index (χ1n) is 5.44. The number of hydrogen-bond donors (Lipinski definition) is 2. The molecule has 5 nitrogen and oxygen atoms in total. The molecule has 1 aromatic rings. The van der Waals surface area contributed by atoms with Gasteiger partial charge in [0.25, 0.3) is 0 Å². The molecule has 6 heteroatoms. The van der Waals surface area contributed by atoms with Gasteiger partial charge in [-0.25, -0.2) is 0 Å². The maximum absolute atomic E-state index is 9.09. The molecule has 0 radical (unpaired) electrons. The molecule has 0 aromatic carbocycles. The van der Waals surface area contributed by atoms with Crippen molar-refractivity contribution in [2.24, 2.45) is 5.73 Å². The number of morpholine rings is 1. The minimum Gasteiger partial charge on any atom is -0.394 e. The predicted molar refractivity (Wildman–Crippen MR) is 69.2 cm³/mol. The summed E-state index contributed by atoms with van der Waals surface area (Å²) in [6.07, 6.45) is 1.55. The van der Waals surface area contributed by atoms with Crippen LogP contribution < -0.4 is 10.6 Å². The molecule has 1 aliphatic rings. The van der Waals surface area contributed by atoms with Crippen LogP contribution in [0.1, 0.15) is 5.69 Å². The van der Waals surface area contributed by atoms with Crippen LogP contribution in [0, 0.1) is 0 Å². The van der Waals surface area contributed by atoms with Crippen molar-refractivity contribution >= 4 is 22.9 Å². The van der Waals surface area contributed by atoms with Crippen molar-refractivity contribution in [3.05, 3.63) is 24.0 Å². The van der Waals surface area contributed by atoms with Crippen LogP contribution in [0.5, 0.6) is 0 Å². The van der Waals surface area contributed by atoms with Gasteiger partial charge in [-0.15, -0.1) is 0 Å². The molecule has 2 heterocycles. The van der Waals surface area contributed by atoms with E-state index in [2.05, 4.69) is 9.88 Å². The van der Waals surface area contributed by atoms with E-state index in [9.17, 15) is 0 Å². The lowest BCUT2D eigenvalue weighted by molar-refractivity contribution is 0.00356. The Hall–Kier alpha value is -1.24. The second-order valence-corrected chi connectivity index (χ2v) is 4.32. The fraction of sp³-hybridized carbons (Fsp3) is 0.455. The van der Waals surface area contributed by atoms with Crippen molar-refractivity contribution in [2.75, 3.05) is 31.2 Å². The number of rotatable bonds is 3. The highest BCUT2D eigenvalue weighted by Crippen LogP contribution is 2.18. The number of anilines is 1. The number of nitrogens with two attached hydrogens (primary N) is 1. The van der Waals surface area contributed by atoms with Gasteiger partial charge in [0.2, 0.25) is 0 Å². The SMILES string of the molecule is NC(=S)c1cc(N2CCOC(CO)C2)ccn1. The molecular weight excluding hydrogens is 238 g/mol. The molecule has 1 atom stereocenters. The third-order valence-corrected chi connectivity index (χ3v) is 2.91. The lowest BCUT2D eigenvalue weighted by atomic mass is 10.2. The molecule has 1 fully saturated rings. The highest BCUT2D eigenvalue weighted by molar-refractivity contribution is 7.80. The molecule has 0 spiro atoms. The second-order valence-electron chi connectivity index (χ2n) is 3.88. The van der Waals surface area contributed by atoms with Crippen LogP contribution in [-0.4, -0.2) is 47.5 Å². The Morgan fingerprint density at radius 3 is 3.24 bits per heavy atom. The zero-order valence-corrected chi connectivity index (χ0v) is 10.2. The van der Waals surface area contributed by atoms with Crippen LogP contribution in [0.25, 0.3) is 0 Å². The van der Waals surface area contributed by atoms with Crippen molar-refractivity contribution < 1.29 is 9.84 Å². The fourth-order valence-electron chi connectivity index (χ4n) is 1.82. The number of aromatic nitrogens is 1. The van der Waals surface area contributed by atoms with E-state index in [1.807, 2.05) is 12.1 Å². The minimum absolute atomic E-state index is 0.0315. The molecule has 1 unspecified atom stereocenters. The van der Waals surface area contributed by atoms with Crippen molar-refractivity contribution in [2.45, 2.75) is 6.10 Å². The van der Waals surface area contributed by atoms with E-state index in [0.29, 0.717) is 23.8 Å². The summed E-state index contributed by atoms with van der Waals surface area (Å²) in [4.78, 5) is 6.52. The van der Waals surface area contributed by atoms with E-state index in [1.54, 1.807) is 6.20 Å². The summed E-state index contributed by atoms with van der Waals surface area (Å²) in [7, 11) is 0. The van der Waals surface area contributed by atoms with Crippen molar-refractivity contribution in [1.29, 1.82) is 0 Å². The third-order valence-electron chi connectivity index (χ3n) is 2.70. The first-order chi connectivity index (χ1) is 8.20. The Bertz CT molecular complexity index is 413. The van der Waals surface area contributed by atoms with E-state index < -0.39 is 0 Å². The van der Waals surface area contributed by atoms with Gasteiger partial charge in [0.05, 0.1) is 25.0 Å². The molecule has 1 aliphatic heterocycles. The molecule has 1 aromatic heterocycles. The van der Waals surface area contributed by atoms with Crippen LogP contribution >= 0.6 is 12.2 Å². The van der Waals surface area contributed by atoms with Gasteiger partial charge >= 0.3 is 0 Å². The lowest BCUT2D eigenvalue weighted by Crippen LogP contribution is -2.44. The van der Waals surface area contributed by atoms with E-state index in [0.717, 1.165) is 12.2 Å². The molecule has 0 aliphatic carbocycles. The number of aliphatic hydroxyl groups excluding tert-OH is 1. The van der Waals surface area contributed by atoms with Gasteiger partial charge in [0, 0.05) is 25.0 Å². The summed E-state index contributed by atoms with van der Waals surface area (Å²) in [5.74, 6) is 0. The summed E-state index contributed by atoms with van der Waals surface area (Å²) in [5.41, 5.74) is 7.17. The molecule has 0 bridgehead atoms. The predicted octanol–water partition coefficient (Wildman–Crippen LogP) is -0.0867. The van der Waals surface area contributed by atoms with Crippen LogP contribution in [-0.2, 0) is 4.74 Å². The molecule has 0 saturated carbocycles. The maximum atomic E-state index is 9.09. The summed E-state index contributed by atoms with van der Waals surface area (Å²) in [6.45, 7) is 2.09. The van der Waals surface area contributed by atoms with Crippen molar-refractivity contribution in [1.82, 2.24) is 4.98 Å². The number of pyridine rings is 1. The molecule has 3 N–H and O–H groups in total. The van der Waals surface area contributed by atoms with Gasteiger partial charge in [-0.3, -0.25) is 4.98 Å². The van der Waals surface area contributed by atoms with Gasteiger partial charge in [-0.1, -0.05) is 12.2 Å². The standard InChI is InChI=1S/C11H15N3O2S/c12-11(17)10-5-8(1-2-13-10)14-3-4-16-9(6-14)7-15/h1-2,5,9,15H,3-4,6-7H2,(H2,12,17). The van der Waals surface area contributed by atoms with E-state index in [4.69, 9.17) is 27.8 Å². The monoisotopic (exact) mass is 253 g/mol. The van der Waals surface area contributed by atoms with Gasteiger partial charge in [0.15, 0.2) is 0 Å². The number of thiocarbonyl (C=S) groups is 1. The average Bonchev–Trinajstić information content (AvgIpc) is 2.39. The second kappa shape index (κ2) is 5.39. The lowest BCUT2D eigenvalue weighted by Gasteiger charge is -2.33. The zero-order valence-electron chi connectivity index (χ0n) is 9.37. The highest BCUT2D eigenvalue weighted by Gasteiger charge is 2.20. The summed E-state index contributed by atoms with van der Waals surface area (Å²) < 4.78 is 5.40. The van der Waals surface area contributed by atoms with Crippen LogP contribution in [0.4, 0.5) is 5.69 Å². The largest absolute Gasteiger partial charge is 0.394 e. The first-order valence-corrected chi connectivity index (χ1v) is 5.85. The van der Waals surface area contributed by atoms with E-state index in [1.165, 1.54) is 0 Å². The Kier molecular flexibility index (Phi) is 3.88. The van der Waals surface area contributed by atoms with Gasteiger partial charge in [-0.2, -0.15) is 0 Å². The number of ether oxygens (including phenoxy) is 1. The van der Waals surface area contributed by atoms with Crippen LogP contribution in [0.3, 0.4) is 0 Å². The molecule has 17 heavy (non-hydrogen) atoms. The smallest absolute Gasteiger partial charge is 0.122 e. The third kappa shape index (κ3) is 2.91. The van der Waals surface area contributed by atoms with Crippen molar-refractivity contribution in [3.63, 3.8) is 0 Å².